The Hall–Kier alpha value is -4.57. The van der Waals surface area contributed by atoms with Crippen LogP contribution in [0.4, 0.5) is 4.39 Å². The maximum atomic E-state index is 14.0. The molecule has 0 saturated carbocycles. The first-order valence-electron chi connectivity index (χ1n) is 10.3. The molecule has 4 rings (SSSR count). The molecule has 1 amide bonds. The zero-order chi connectivity index (χ0) is 23.0. The van der Waals surface area contributed by atoms with Gasteiger partial charge in [-0.05, 0) is 29.8 Å². The van der Waals surface area contributed by atoms with Crippen LogP contribution >= 0.6 is 0 Å². The second-order valence-electron chi connectivity index (χ2n) is 7.28. The van der Waals surface area contributed by atoms with Crippen LogP contribution in [-0.2, 0) is 11.3 Å². The van der Waals surface area contributed by atoms with Crippen LogP contribution in [0.1, 0.15) is 22.7 Å². The number of amides is 1. The Balaban J connectivity index is 1.57. The van der Waals surface area contributed by atoms with E-state index in [-0.39, 0.29) is 5.56 Å². The van der Waals surface area contributed by atoms with Gasteiger partial charge in [-0.1, -0.05) is 48.5 Å². The molecular weight excluding hydrogens is 417 g/mol. The Morgan fingerprint density at radius 2 is 1.91 bits per heavy atom. The van der Waals surface area contributed by atoms with Gasteiger partial charge in [0.1, 0.15) is 17.6 Å². The monoisotopic (exact) mass is 437 g/mol. The highest BCUT2D eigenvalue weighted by atomic mass is 19.1. The van der Waals surface area contributed by atoms with Gasteiger partial charge in [0.25, 0.3) is 0 Å². The van der Waals surface area contributed by atoms with Crippen molar-refractivity contribution in [3.05, 3.63) is 114 Å². The number of aromatic nitrogens is 3. The van der Waals surface area contributed by atoms with E-state index >= 15 is 0 Å². The number of hydrogen-bond acceptors (Lipinski definition) is 4. The number of rotatable bonds is 7. The van der Waals surface area contributed by atoms with E-state index in [2.05, 4.69) is 15.4 Å². The molecular formula is C26H20FN5O. The Kier molecular flexibility index (Phi) is 6.67. The molecule has 0 aliphatic rings. The summed E-state index contributed by atoms with van der Waals surface area (Å²) < 4.78 is 15.8. The normalized spacial score (nSPS) is 11.8. The van der Waals surface area contributed by atoms with Gasteiger partial charge < -0.3 is 5.32 Å². The minimum absolute atomic E-state index is 0.119. The van der Waals surface area contributed by atoms with Crippen LogP contribution in [0.25, 0.3) is 17.3 Å². The number of nitrogens with zero attached hydrogens (tertiary/aromatic N) is 4. The lowest BCUT2D eigenvalue weighted by atomic mass is 10.1. The largest absolute Gasteiger partial charge is 0.333 e. The molecule has 2 aromatic heterocycles. The summed E-state index contributed by atoms with van der Waals surface area (Å²) in [7, 11) is 0. The minimum Gasteiger partial charge on any atom is -0.333 e. The Morgan fingerprint density at radius 1 is 1.12 bits per heavy atom. The number of nitrogens with one attached hydrogen (secondary N) is 1. The average Bonchev–Trinajstić information content (AvgIpc) is 3.25. The van der Waals surface area contributed by atoms with Gasteiger partial charge >= 0.3 is 0 Å². The zero-order valence-corrected chi connectivity index (χ0v) is 17.6. The number of hydrogen-bond donors (Lipinski definition) is 1. The molecule has 2 heterocycles. The van der Waals surface area contributed by atoms with Crippen molar-refractivity contribution in [1.82, 2.24) is 20.1 Å². The van der Waals surface area contributed by atoms with Gasteiger partial charge in [-0.25, -0.2) is 4.39 Å². The molecule has 1 atom stereocenters. The van der Waals surface area contributed by atoms with Crippen LogP contribution in [-0.4, -0.2) is 20.7 Å². The summed E-state index contributed by atoms with van der Waals surface area (Å²) in [6.07, 6.45) is 8.17. The highest BCUT2D eigenvalue weighted by Gasteiger charge is 2.16. The first-order valence-corrected chi connectivity index (χ1v) is 10.3. The van der Waals surface area contributed by atoms with Crippen molar-refractivity contribution in [2.24, 2.45) is 0 Å². The quantitative estimate of drug-likeness (QED) is 0.431. The van der Waals surface area contributed by atoms with Crippen LogP contribution in [0.5, 0.6) is 0 Å². The lowest BCUT2D eigenvalue weighted by Gasteiger charge is -2.11. The summed E-state index contributed by atoms with van der Waals surface area (Å²) in [5.41, 5.74) is 3.41. The van der Waals surface area contributed by atoms with E-state index in [4.69, 9.17) is 0 Å². The highest BCUT2D eigenvalue weighted by Crippen LogP contribution is 2.23. The molecule has 0 aliphatic heterocycles. The maximum Gasteiger partial charge on any atom is 0.245 e. The predicted molar refractivity (Wildman–Crippen MR) is 123 cm³/mol. The third-order valence-corrected chi connectivity index (χ3v) is 4.96. The van der Waals surface area contributed by atoms with Crippen molar-refractivity contribution in [3.63, 3.8) is 0 Å². The van der Waals surface area contributed by atoms with Gasteiger partial charge in [-0.3, -0.25) is 14.5 Å². The summed E-state index contributed by atoms with van der Waals surface area (Å²) >= 11 is 0. The van der Waals surface area contributed by atoms with Gasteiger partial charge in [0.15, 0.2) is 0 Å². The average molecular weight is 437 g/mol. The van der Waals surface area contributed by atoms with Crippen LogP contribution in [0.3, 0.4) is 0 Å². The summed E-state index contributed by atoms with van der Waals surface area (Å²) in [6.45, 7) is 0.567. The van der Waals surface area contributed by atoms with Crippen molar-refractivity contribution in [3.8, 4) is 17.3 Å². The fraction of sp³-hybridized carbons (Fsp3) is 0.0769. The lowest BCUT2D eigenvalue weighted by molar-refractivity contribution is -0.116. The van der Waals surface area contributed by atoms with Crippen LogP contribution in [0, 0.1) is 17.1 Å². The van der Waals surface area contributed by atoms with Gasteiger partial charge in [0.05, 0.1) is 12.6 Å². The molecule has 1 N–H and O–H groups in total. The number of carbonyl (C=O) groups is 1. The van der Waals surface area contributed by atoms with Crippen molar-refractivity contribution in [2.45, 2.75) is 12.6 Å². The molecule has 0 aliphatic carbocycles. The fourth-order valence-corrected chi connectivity index (χ4v) is 3.38. The van der Waals surface area contributed by atoms with Crippen molar-refractivity contribution >= 4 is 12.0 Å². The lowest BCUT2D eigenvalue weighted by Crippen LogP contribution is -2.26. The number of carbonyl (C=O) groups excluding carboxylic acids is 1. The molecule has 7 heteroatoms. The van der Waals surface area contributed by atoms with Crippen LogP contribution in [0.15, 0.2) is 91.4 Å². The van der Waals surface area contributed by atoms with Crippen LogP contribution in [0.2, 0.25) is 0 Å². The molecule has 0 spiro atoms. The van der Waals surface area contributed by atoms with Gasteiger partial charge in [-0.2, -0.15) is 10.4 Å². The van der Waals surface area contributed by atoms with E-state index < -0.39 is 17.8 Å². The first kappa shape index (κ1) is 21.7. The van der Waals surface area contributed by atoms with E-state index in [1.807, 2.05) is 54.7 Å². The van der Waals surface area contributed by atoms with Crippen molar-refractivity contribution in [1.29, 1.82) is 5.26 Å². The number of benzene rings is 2. The molecule has 0 bridgehead atoms. The number of halogens is 1. The molecule has 4 aromatic rings. The Bertz CT molecular complexity index is 1310. The second kappa shape index (κ2) is 10.2. The molecule has 0 saturated heterocycles. The second-order valence-corrected chi connectivity index (χ2v) is 7.28. The van der Waals surface area contributed by atoms with Gasteiger partial charge in [-0.15, -0.1) is 0 Å². The molecule has 162 valence electrons. The topological polar surface area (TPSA) is 83.6 Å². The number of nitriles is 1. The van der Waals surface area contributed by atoms with Gasteiger partial charge in [0, 0.05) is 41.4 Å². The third-order valence-electron chi connectivity index (χ3n) is 4.96. The molecule has 2 aromatic carbocycles. The van der Waals surface area contributed by atoms with Gasteiger partial charge in [0.2, 0.25) is 5.91 Å². The Labute approximate surface area is 190 Å². The molecule has 6 nitrogen and oxygen atoms in total. The predicted octanol–water partition coefficient (Wildman–Crippen LogP) is 4.53. The summed E-state index contributed by atoms with van der Waals surface area (Å²) in [6, 6.07) is 20.3. The molecule has 1 unspecified atom stereocenters. The summed E-state index contributed by atoms with van der Waals surface area (Å²) in [4.78, 5) is 16.7. The molecule has 33 heavy (non-hydrogen) atoms. The van der Waals surface area contributed by atoms with E-state index in [1.165, 1.54) is 24.3 Å². The SMILES string of the molecule is N#CC(NC(=O)/C=C/c1cn(Cc2ccccc2)nc1-c1cccnc1)c1ccccc1F. The Morgan fingerprint density at radius 3 is 2.64 bits per heavy atom. The van der Waals surface area contributed by atoms with E-state index in [0.29, 0.717) is 17.8 Å². The molecule has 0 fully saturated rings. The minimum atomic E-state index is -1.10. The fourth-order valence-electron chi connectivity index (χ4n) is 3.38. The standard InChI is InChI=1S/C26H20FN5O/c27-23-11-5-4-10-22(23)24(15-28)30-25(33)13-12-21-18-32(17-19-7-2-1-3-8-19)31-26(21)20-9-6-14-29-16-20/h1-14,16,18,24H,17H2,(H,30,33)/b13-12+. The molecule has 0 radical (unpaired) electrons. The zero-order valence-electron chi connectivity index (χ0n) is 17.6. The summed E-state index contributed by atoms with van der Waals surface area (Å²) in [5, 5.41) is 16.6. The maximum absolute atomic E-state index is 14.0. The van der Waals surface area contributed by atoms with E-state index in [1.54, 1.807) is 29.2 Å². The summed E-state index contributed by atoms with van der Waals surface area (Å²) in [5.74, 6) is -1.06. The van der Waals surface area contributed by atoms with Crippen molar-refractivity contribution < 1.29 is 9.18 Å². The number of pyridine rings is 1. The van der Waals surface area contributed by atoms with Crippen molar-refractivity contribution in [2.75, 3.05) is 0 Å². The smallest absolute Gasteiger partial charge is 0.245 e. The highest BCUT2D eigenvalue weighted by molar-refractivity contribution is 5.93. The van der Waals surface area contributed by atoms with E-state index in [0.717, 1.165) is 11.1 Å². The van der Waals surface area contributed by atoms with E-state index in [9.17, 15) is 14.4 Å². The van der Waals surface area contributed by atoms with Crippen LogP contribution < -0.4 is 5.32 Å². The first-order chi connectivity index (χ1) is 16.1. The third kappa shape index (κ3) is 5.38.